The lowest BCUT2D eigenvalue weighted by Gasteiger charge is -2.39. The summed E-state index contributed by atoms with van der Waals surface area (Å²) in [7, 11) is 4.32. The van der Waals surface area contributed by atoms with Gasteiger partial charge in [0, 0.05) is 23.1 Å². The second-order valence-corrected chi connectivity index (χ2v) is 7.05. The molecule has 1 aromatic carbocycles. The highest BCUT2D eigenvalue weighted by atomic mass is 16.6. The molecule has 0 unspecified atom stereocenters. The van der Waals surface area contributed by atoms with Gasteiger partial charge < -0.3 is 19.9 Å². The molecule has 4 rings (SSSR count). The van der Waals surface area contributed by atoms with Crippen molar-refractivity contribution in [3.05, 3.63) is 35.5 Å². The average Bonchev–Trinajstić information content (AvgIpc) is 3.04. The topological polar surface area (TPSA) is 57.4 Å². The fraction of sp³-hybridized carbons (Fsp3) is 0.500. The molecule has 1 aromatic heterocycles. The minimum absolute atomic E-state index is 0.0872. The Morgan fingerprint density at radius 1 is 1.30 bits per heavy atom. The molecular weight excluding hydrogens is 290 g/mol. The van der Waals surface area contributed by atoms with E-state index in [4.69, 9.17) is 4.74 Å². The van der Waals surface area contributed by atoms with Crippen molar-refractivity contribution in [3.8, 4) is 0 Å². The van der Waals surface area contributed by atoms with Crippen LogP contribution in [0.25, 0.3) is 10.9 Å². The number of hydrogen-bond acceptors (Lipinski definition) is 3. The summed E-state index contributed by atoms with van der Waals surface area (Å²) in [5.74, 6) is 0.654. The zero-order valence-electron chi connectivity index (χ0n) is 13.6. The van der Waals surface area contributed by atoms with Gasteiger partial charge in [0.15, 0.2) is 0 Å². The number of fused-ring (bicyclic) bond motifs is 1. The molecule has 2 aromatic rings. The Labute approximate surface area is 136 Å². The molecule has 1 saturated heterocycles. The minimum Gasteiger partial charge on any atom is -0.447 e. The highest BCUT2D eigenvalue weighted by Crippen LogP contribution is 2.41. The van der Waals surface area contributed by atoms with Gasteiger partial charge in [-0.15, -0.1) is 0 Å². The lowest BCUT2D eigenvalue weighted by molar-refractivity contribution is 0.167. The Balaban J connectivity index is 1.53. The van der Waals surface area contributed by atoms with E-state index in [1.165, 1.54) is 34.9 Å². The third kappa shape index (κ3) is 2.70. The van der Waals surface area contributed by atoms with Crippen LogP contribution in [0.15, 0.2) is 24.4 Å². The Hall–Kier alpha value is -2.01. The highest BCUT2D eigenvalue weighted by Gasteiger charge is 2.33. The number of benzene rings is 1. The number of hydrogen-bond donors (Lipinski definition) is 2. The monoisotopic (exact) mass is 313 g/mol. The molecule has 1 aliphatic carbocycles. The molecule has 0 bridgehead atoms. The largest absolute Gasteiger partial charge is 0.447 e. The first-order valence-electron chi connectivity index (χ1n) is 8.30. The molecule has 1 aliphatic heterocycles. The summed E-state index contributed by atoms with van der Waals surface area (Å²) in [5.41, 5.74) is 3.88. The molecule has 5 nitrogen and oxygen atoms in total. The smallest absolute Gasteiger partial charge is 0.407 e. The number of nitrogens with one attached hydrogen (secondary N) is 2. The second-order valence-electron chi connectivity index (χ2n) is 7.05. The number of aromatic nitrogens is 1. The first kappa shape index (κ1) is 14.6. The fourth-order valence-corrected chi connectivity index (χ4v) is 3.74. The minimum atomic E-state index is -0.303. The molecule has 1 atom stereocenters. The third-order valence-electron chi connectivity index (χ3n) is 5.28. The molecule has 2 heterocycles. The summed E-state index contributed by atoms with van der Waals surface area (Å²) >= 11 is 0. The molecule has 2 aliphatic rings. The SMILES string of the molecule is CN(C)[C@H]1C[C@H](c2c[nH]c3ccc(C[C@@H]4COC(=O)N4)cc32)C1. The zero-order chi connectivity index (χ0) is 16.0. The van der Waals surface area contributed by atoms with Crippen LogP contribution in [0.2, 0.25) is 0 Å². The van der Waals surface area contributed by atoms with Gasteiger partial charge in [-0.25, -0.2) is 4.79 Å². The lowest BCUT2D eigenvalue weighted by atomic mass is 9.75. The summed E-state index contributed by atoms with van der Waals surface area (Å²) in [6, 6.07) is 7.35. The van der Waals surface area contributed by atoms with Crippen molar-refractivity contribution in [1.29, 1.82) is 0 Å². The van der Waals surface area contributed by atoms with Crippen LogP contribution in [0.5, 0.6) is 0 Å². The van der Waals surface area contributed by atoms with Gasteiger partial charge in [0.1, 0.15) is 6.61 Å². The van der Waals surface area contributed by atoms with Crippen molar-refractivity contribution in [3.63, 3.8) is 0 Å². The maximum absolute atomic E-state index is 11.1. The summed E-state index contributed by atoms with van der Waals surface area (Å²) in [5, 5.41) is 4.18. The quantitative estimate of drug-likeness (QED) is 0.912. The predicted octanol–water partition coefficient (Wildman–Crippen LogP) is 2.63. The maximum Gasteiger partial charge on any atom is 0.407 e. The van der Waals surface area contributed by atoms with Crippen molar-refractivity contribution < 1.29 is 9.53 Å². The first-order valence-corrected chi connectivity index (χ1v) is 8.30. The lowest BCUT2D eigenvalue weighted by Crippen LogP contribution is -2.39. The van der Waals surface area contributed by atoms with Gasteiger partial charge in [-0.3, -0.25) is 0 Å². The maximum atomic E-state index is 11.1. The van der Waals surface area contributed by atoms with Crippen molar-refractivity contribution >= 4 is 17.0 Å². The number of carbonyl (C=O) groups excluding carboxylic acids is 1. The number of ether oxygens (including phenoxy) is 1. The second kappa shape index (κ2) is 5.57. The van der Waals surface area contributed by atoms with Gasteiger partial charge in [-0.1, -0.05) is 6.07 Å². The van der Waals surface area contributed by atoms with Crippen molar-refractivity contribution in [2.24, 2.45) is 0 Å². The van der Waals surface area contributed by atoms with E-state index in [0.717, 1.165) is 6.42 Å². The zero-order valence-corrected chi connectivity index (χ0v) is 13.6. The number of alkyl carbamates (subject to hydrolysis) is 1. The van der Waals surface area contributed by atoms with E-state index in [1.807, 2.05) is 0 Å². The van der Waals surface area contributed by atoms with Crippen LogP contribution in [0.4, 0.5) is 4.79 Å². The highest BCUT2D eigenvalue weighted by molar-refractivity contribution is 5.84. The molecule has 5 heteroatoms. The van der Waals surface area contributed by atoms with E-state index >= 15 is 0 Å². The van der Waals surface area contributed by atoms with E-state index in [9.17, 15) is 4.79 Å². The van der Waals surface area contributed by atoms with Crippen LogP contribution in [0.1, 0.15) is 29.9 Å². The molecule has 0 radical (unpaired) electrons. The van der Waals surface area contributed by atoms with E-state index in [-0.39, 0.29) is 12.1 Å². The summed E-state index contributed by atoms with van der Waals surface area (Å²) < 4.78 is 4.97. The molecule has 1 saturated carbocycles. The predicted molar refractivity (Wildman–Crippen MR) is 89.7 cm³/mol. The molecule has 122 valence electrons. The molecule has 1 amide bonds. The van der Waals surface area contributed by atoms with E-state index in [1.54, 1.807) is 0 Å². The Morgan fingerprint density at radius 2 is 2.13 bits per heavy atom. The first-order chi connectivity index (χ1) is 11.1. The Morgan fingerprint density at radius 3 is 2.83 bits per heavy atom. The van der Waals surface area contributed by atoms with Gasteiger partial charge in [0.25, 0.3) is 0 Å². The number of nitrogens with zero attached hydrogens (tertiary/aromatic N) is 1. The number of amides is 1. The number of rotatable bonds is 4. The van der Waals surface area contributed by atoms with Crippen LogP contribution < -0.4 is 5.32 Å². The van der Waals surface area contributed by atoms with Crippen LogP contribution >= 0.6 is 0 Å². The number of carbonyl (C=O) groups is 1. The normalized spacial score (nSPS) is 27.1. The Kier molecular flexibility index (Phi) is 3.53. The van der Waals surface area contributed by atoms with E-state index in [0.29, 0.717) is 18.6 Å². The molecule has 0 spiro atoms. The van der Waals surface area contributed by atoms with Crippen LogP contribution in [0.3, 0.4) is 0 Å². The van der Waals surface area contributed by atoms with Crippen LogP contribution in [-0.4, -0.2) is 48.8 Å². The summed E-state index contributed by atoms with van der Waals surface area (Å²) in [4.78, 5) is 16.9. The van der Waals surface area contributed by atoms with Crippen molar-refractivity contribution in [2.45, 2.75) is 37.3 Å². The van der Waals surface area contributed by atoms with E-state index in [2.05, 4.69) is 53.7 Å². The van der Waals surface area contributed by atoms with Gasteiger partial charge in [-0.05, 0) is 62.5 Å². The standard InChI is InChI=1S/C18H23N3O2/c1-21(2)14-7-12(8-14)16-9-19-17-4-3-11(6-15(16)17)5-13-10-23-18(22)20-13/h3-4,6,9,12-14,19H,5,7-8,10H2,1-2H3,(H,20,22)/t12-,13-,14-/m1/s1. The third-order valence-corrected chi connectivity index (χ3v) is 5.28. The van der Waals surface area contributed by atoms with Crippen molar-refractivity contribution in [1.82, 2.24) is 15.2 Å². The molecule has 2 fully saturated rings. The summed E-state index contributed by atoms with van der Waals surface area (Å²) in [6.45, 7) is 0.462. The van der Waals surface area contributed by atoms with Crippen LogP contribution in [-0.2, 0) is 11.2 Å². The number of aromatic amines is 1. The van der Waals surface area contributed by atoms with Gasteiger partial charge in [-0.2, -0.15) is 0 Å². The Bertz CT molecular complexity index is 731. The number of H-pyrrole nitrogens is 1. The number of cyclic esters (lactones) is 1. The average molecular weight is 313 g/mol. The van der Waals surface area contributed by atoms with Gasteiger partial charge >= 0.3 is 6.09 Å². The van der Waals surface area contributed by atoms with Gasteiger partial charge in [0.2, 0.25) is 0 Å². The van der Waals surface area contributed by atoms with Gasteiger partial charge in [0.05, 0.1) is 6.04 Å². The molecular formula is C18H23N3O2. The van der Waals surface area contributed by atoms with Crippen LogP contribution in [0, 0.1) is 0 Å². The summed E-state index contributed by atoms with van der Waals surface area (Å²) in [6.07, 6.45) is 5.15. The fourth-order valence-electron chi connectivity index (χ4n) is 3.74. The van der Waals surface area contributed by atoms with Crippen molar-refractivity contribution in [2.75, 3.05) is 20.7 Å². The molecule has 23 heavy (non-hydrogen) atoms. The van der Waals surface area contributed by atoms with E-state index < -0.39 is 0 Å². The molecule has 2 N–H and O–H groups in total.